The summed E-state index contributed by atoms with van der Waals surface area (Å²) < 4.78 is 2.41. The predicted molar refractivity (Wildman–Crippen MR) is 111 cm³/mol. The number of fused-ring (bicyclic) bond motifs is 2. The third kappa shape index (κ3) is 2.89. The first-order valence-corrected chi connectivity index (χ1v) is 9.60. The van der Waals surface area contributed by atoms with Crippen LogP contribution in [0.3, 0.4) is 0 Å². The highest BCUT2D eigenvalue weighted by atomic mass is 15.2. The van der Waals surface area contributed by atoms with Crippen molar-refractivity contribution in [1.29, 1.82) is 0 Å². The largest absolute Gasteiger partial charge is 0.350 e. The molecule has 27 heavy (non-hydrogen) atoms. The number of benzene rings is 2. The van der Waals surface area contributed by atoms with E-state index in [1.807, 2.05) is 6.20 Å². The van der Waals surface area contributed by atoms with Crippen molar-refractivity contribution in [2.45, 2.75) is 26.4 Å². The second-order valence-corrected chi connectivity index (χ2v) is 7.37. The zero-order valence-electron chi connectivity index (χ0n) is 15.6. The van der Waals surface area contributed by atoms with Gasteiger partial charge in [-0.15, -0.1) is 0 Å². The van der Waals surface area contributed by atoms with Crippen molar-refractivity contribution in [3.63, 3.8) is 0 Å². The fourth-order valence-electron chi connectivity index (χ4n) is 4.21. The van der Waals surface area contributed by atoms with Gasteiger partial charge >= 0.3 is 0 Å². The molecule has 5 rings (SSSR count). The van der Waals surface area contributed by atoms with E-state index in [1.54, 1.807) is 0 Å². The molecular weight excluding hydrogens is 330 g/mol. The molecule has 0 saturated heterocycles. The summed E-state index contributed by atoms with van der Waals surface area (Å²) in [5.41, 5.74) is 6.73. The zero-order chi connectivity index (χ0) is 18.2. The van der Waals surface area contributed by atoms with Crippen LogP contribution in [0.5, 0.6) is 0 Å². The quantitative estimate of drug-likeness (QED) is 0.519. The molecule has 0 atom stereocenters. The highest BCUT2D eigenvalue weighted by molar-refractivity contribution is 5.91. The fraction of sp³-hybridized carbons (Fsp3) is 0.208. The minimum atomic E-state index is 0.874. The predicted octanol–water partition coefficient (Wildman–Crippen LogP) is 4.96. The van der Waals surface area contributed by atoms with E-state index in [9.17, 15) is 0 Å². The summed E-state index contributed by atoms with van der Waals surface area (Å²) in [6.45, 7) is 5.01. The van der Waals surface area contributed by atoms with Crippen LogP contribution in [0.2, 0.25) is 0 Å². The maximum atomic E-state index is 4.82. The number of hydrogen-bond acceptors (Lipinski definition) is 2. The summed E-state index contributed by atoms with van der Waals surface area (Å²) in [5.74, 6) is 1.10. The van der Waals surface area contributed by atoms with Crippen LogP contribution in [0, 0.1) is 6.92 Å². The normalized spacial score (nSPS) is 13.7. The minimum absolute atomic E-state index is 0.874. The van der Waals surface area contributed by atoms with Crippen molar-refractivity contribution in [2.24, 2.45) is 0 Å². The van der Waals surface area contributed by atoms with Gasteiger partial charge in [0.25, 0.3) is 0 Å². The van der Waals surface area contributed by atoms with Crippen molar-refractivity contribution < 1.29 is 0 Å². The van der Waals surface area contributed by atoms with Gasteiger partial charge in [0.1, 0.15) is 0 Å². The molecule has 134 valence electrons. The van der Waals surface area contributed by atoms with E-state index < -0.39 is 0 Å². The number of anilines is 1. The summed E-state index contributed by atoms with van der Waals surface area (Å²) in [4.78, 5) is 7.26. The standard InChI is InChI=1S/C24H23N3/c1-18-15-21-11-13-25-24(23(21)27(18)16-19-7-3-2-4-8-19)26-14-12-20-9-5-6-10-22(20)17-26/h2-11,13,15H,12,14,16-17H2,1H3. The average Bonchev–Trinajstić information content (AvgIpc) is 3.04. The lowest BCUT2D eigenvalue weighted by atomic mass is 10.00. The molecule has 2 aromatic heterocycles. The van der Waals surface area contributed by atoms with Crippen LogP contribution in [0.25, 0.3) is 10.9 Å². The Kier molecular flexibility index (Phi) is 3.93. The number of aromatic nitrogens is 2. The topological polar surface area (TPSA) is 21.1 Å². The first kappa shape index (κ1) is 16.1. The molecule has 0 radical (unpaired) electrons. The molecule has 3 heterocycles. The molecule has 0 bridgehead atoms. The Morgan fingerprint density at radius 1 is 0.926 bits per heavy atom. The van der Waals surface area contributed by atoms with E-state index in [2.05, 4.69) is 83.1 Å². The van der Waals surface area contributed by atoms with Gasteiger partial charge in [-0.2, -0.15) is 0 Å². The van der Waals surface area contributed by atoms with Crippen LogP contribution in [-0.4, -0.2) is 16.1 Å². The monoisotopic (exact) mass is 353 g/mol. The third-order valence-corrected chi connectivity index (χ3v) is 5.61. The Morgan fingerprint density at radius 2 is 1.70 bits per heavy atom. The molecule has 0 spiro atoms. The van der Waals surface area contributed by atoms with Gasteiger partial charge in [0.15, 0.2) is 5.82 Å². The van der Waals surface area contributed by atoms with Gasteiger partial charge in [0.2, 0.25) is 0 Å². The van der Waals surface area contributed by atoms with Crippen LogP contribution >= 0.6 is 0 Å². The number of nitrogens with zero attached hydrogens (tertiary/aromatic N) is 3. The van der Waals surface area contributed by atoms with Crippen LogP contribution in [-0.2, 0) is 19.5 Å². The first-order valence-electron chi connectivity index (χ1n) is 9.60. The van der Waals surface area contributed by atoms with Crippen LogP contribution in [0.4, 0.5) is 5.82 Å². The number of pyridine rings is 1. The smallest absolute Gasteiger partial charge is 0.153 e. The molecule has 0 saturated carbocycles. The van der Waals surface area contributed by atoms with Crippen molar-refractivity contribution >= 4 is 16.7 Å². The van der Waals surface area contributed by atoms with Crippen LogP contribution in [0.1, 0.15) is 22.4 Å². The average molecular weight is 353 g/mol. The Bertz CT molecular complexity index is 1100. The van der Waals surface area contributed by atoms with Crippen molar-refractivity contribution in [3.8, 4) is 0 Å². The third-order valence-electron chi connectivity index (χ3n) is 5.61. The fourth-order valence-corrected chi connectivity index (χ4v) is 4.21. The molecule has 0 unspecified atom stereocenters. The summed E-state index contributed by atoms with van der Waals surface area (Å²) in [6, 6.07) is 23.9. The Hall–Kier alpha value is -3.07. The molecule has 3 nitrogen and oxygen atoms in total. The van der Waals surface area contributed by atoms with Gasteiger partial charge in [0, 0.05) is 36.9 Å². The minimum Gasteiger partial charge on any atom is -0.350 e. The van der Waals surface area contributed by atoms with Crippen LogP contribution in [0.15, 0.2) is 72.9 Å². The van der Waals surface area contributed by atoms with Gasteiger partial charge in [0.05, 0.1) is 5.52 Å². The number of rotatable bonds is 3. The molecule has 3 heteroatoms. The van der Waals surface area contributed by atoms with Gasteiger partial charge < -0.3 is 9.47 Å². The van der Waals surface area contributed by atoms with Crippen molar-refractivity contribution in [1.82, 2.24) is 9.55 Å². The van der Waals surface area contributed by atoms with E-state index in [4.69, 9.17) is 4.98 Å². The summed E-state index contributed by atoms with van der Waals surface area (Å²) in [5, 5.41) is 1.27. The molecule has 1 aliphatic heterocycles. The highest BCUT2D eigenvalue weighted by Gasteiger charge is 2.21. The van der Waals surface area contributed by atoms with Crippen LogP contribution < -0.4 is 4.90 Å². The first-order chi connectivity index (χ1) is 13.3. The Morgan fingerprint density at radius 3 is 2.56 bits per heavy atom. The molecule has 0 aliphatic carbocycles. The van der Waals surface area contributed by atoms with E-state index >= 15 is 0 Å². The van der Waals surface area contributed by atoms with Gasteiger partial charge in [-0.3, -0.25) is 0 Å². The van der Waals surface area contributed by atoms with Gasteiger partial charge in [-0.1, -0.05) is 54.6 Å². The maximum Gasteiger partial charge on any atom is 0.153 e. The SMILES string of the molecule is Cc1cc2ccnc(N3CCc4ccccc4C3)c2n1Cc1ccccc1. The van der Waals surface area contributed by atoms with E-state index in [0.29, 0.717) is 0 Å². The van der Waals surface area contributed by atoms with Crippen molar-refractivity contribution in [3.05, 3.63) is 95.3 Å². The highest BCUT2D eigenvalue weighted by Crippen LogP contribution is 2.31. The zero-order valence-corrected chi connectivity index (χ0v) is 15.6. The lowest BCUT2D eigenvalue weighted by molar-refractivity contribution is 0.717. The molecule has 0 amide bonds. The second kappa shape index (κ2) is 6.58. The summed E-state index contributed by atoms with van der Waals surface area (Å²) in [6.07, 6.45) is 3.02. The molecule has 0 N–H and O–H groups in total. The molecule has 1 aliphatic rings. The van der Waals surface area contributed by atoms with E-state index in [-0.39, 0.29) is 0 Å². The number of hydrogen-bond donors (Lipinski definition) is 0. The Balaban J connectivity index is 1.59. The Labute approximate surface area is 159 Å². The second-order valence-electron chi connectivity index (χ2n) is 7.37. The van der Waals surface area contributed by atoms with Crippen molar-refractivity contribution in [2.75, 3.05) is 11.4 Å². The lowest BCUT2D eigenvalue weighted by Gasteiger charge is -2.30. The van der Waals surface area contributed by atoms with E-state index in [1.165, 1.54) is 33.3 Å². The van der Waals surface area contributed by atoms with Gasteiger partial charge in [-0.25, -0.2) is 4.98 Å². The van der Waals surface area contributed by atoms with E-state index in [0.717, 1.165) is 31.9 Å². The molecule has 4 aromatic rings. The van der Waals surface area contributed by atoms with Gasteiger partial charge in [-0.05, 0) is 42.2 Å². The summed E-state index contributed by atoms with van der Waals surface area (Å²) >= 11 is 0. The summed E-state index contributed by atoms with van der Waals surface area (Å²) in [7, 11) is 0. The maximum absolute atomic E-state index is 4.82. The molecular formula is C24H23N3. The molecule has 2 aromatic carbocycles. The lowest BCUT2D eigenvalue weighted by Crippen LogP contribution is -2.31. The number of aryl methyl sites for hydroxylation is 1. The molecule has 0 fully saturated rings.